The Morgan fingerprint density at radius 2 is 2.28 bits per heavy atom. The monoisotopic (exact) mass is 247 g/mol. The van der Waals surface area contributed by atoms with E-state index in [9.17, 15) is 4.79 Å². The smallest absolute Gasteiger partial charge is 0.228 e. The van der Waals surface area contributed by atoms with Gasteiger partial charge < -0.3 is 16.4 Å². The van der Waals surface area contributed by atoms with Gasteiger partial charge in [0, 0.05) is 11.7 Å². The third kappa shape index (κ3) is 2.75. The van der Waals surface area contributed by atoms with Crippen LogP contribution < -0.4 is 16.4 Å². The van der Waals surface area contributed by atoms with Gasteiger partial charge in [0.05, 0.1) is 17.8 Å². The molecular weight excluding hydrogens is 226 g/mol. The number of nitrogens with two attached hydrogens (primary N) is 1. The molecule has 1 atom stereocenters. The lowest BCUT2D eigenvalue weighted by Crippen LogP contribution is -2.16. The fraction of sp³-hybridized carbons (Fsp3) is 0.500. The number of anilines is 3. The van der Waals surface area contributed by atoms with Gasteiger partial charge in [0.15, 0.2) is 0 Å². The number of hydrogen-bond acceptors (Lipinski definition) is 3. The molecule has 0 fully saturated rings. The van der Waals surface area contributed by atoms with Gasteiger partial charge in [-0.3, -0.25) is 4.79 Å². The molecule has 1 aliphatic heterocycles. The van der Waals surface area contributed by atoms with Crippen molar-refractivity contribution < 1.29 is 4.79 Å². The second-order valence-corrected chi connectivity index (χ2v) is 5.01. The van der Waals surface area contributed by atoms with Crippen LogP contribution in [0.4, 0.5) is 17.1 Å². The van der Waals surface area contributed by atoms with E-state index in [2.05, 4.69) is 24.5 Å². The minimum Gasteiger partial charge on any atom is -0.397 e. The molecule has 1 unspecified atom stereocenters. The van der Waals surface area contributed by atoms with Gasteiger partial charge in [-0.15, -0.1) is 0 Å². The Kier molecular flexibility index (Phi) is 3.75. The fourth-order valence-electron chi connectivity index (χ4n) is 2.27. The van der Waals surface area contributed by atoms with Crippen LogP contribution in [0.25, 0.3) is 0 Å². The average molecular weight is 247 g/mol. The van der Waals surface area contributed by atoms with Crippen LogP contribution in [0.2, 0.25) is 0 Å². The van der Waals surface area contributed by atoms with Gasteiger partial charge in [-0.05, 0) is 31.0 Å². The molecule has 0 aromatic heterocycles. The molecule has 4 N–H and O–H groups in total. The van der Waals surface area contributed by atoms with Crippen molar-refractivity contribution in [3.63, 3.8) is 0 Å². The Labute approximate surface area is 108 Å². The van der Waals surface area contributed by atoms with Gasteiger partial charge in [0.1, 0.15) is 0 Å². The van der Waals surface area contributed by atoms with Gasteiger partial charge >= 0.3 is 0 Å². The molecule has 1 heterocycles. The van der Waals surface area contributed by atoms with Crippen LogP contribution in [-0.4, -0.2) is 11.9 Å². The van der Waals surface area contributed by atoms with Crippen LogP contribution in [0.15, 0.2) is 12.1 Å². The Bertz CT molecular complexity index is 457. The summed E-state index contributed by atoms with van der Waals surface area (Å²) >= 11 is 0. The van der Waals surface area contributed by atoms with Crippen LogP contribution in [0.5, 0.6) is 0 Å². The van der Waals surface area contributed by atoms with Gasteiger partial charge in [-0.25, -0.2) is 0 Å². The zero-order valence-corrected chi connectivity index (χ0v) is 11.0. The largest absolute Gasteiger partial charge is 0.397 e. The van der Waals surface area contributed by atoms with Crippen LogP contribution in [0, 0.1) is 0 Å². The zero-order chi connectivity index (χ0) is 13.1. The quantitative estimate of drug-likeness (QED) is 0.701. The standard InChI is InChI=1S/C14H21N3O/c1-3-4-5-9(2)16-13-8-12-10(6-11(13)15)7-14(18)17-12/h6,8-9,16H,3-5,7,15H2,1-2H3,(H,17,18). The summed E-state index contributed by atoms with van der Waals surface area (Å²) < 4.78 is 0. The lowest BCUT2D eigenvalue weighted by atomic mass is 10.1. The maximum absolute atomic E-state index is 11.3. The molecule has 1 aromatic carbocycles. The number of rotatable bonds is 5. The van der Waals surface area contributed by atoms with E-state index in [1.54, 1.807) is 0 Å². The van der Waals surface area contributed by atoms with E-state index in [1.165, 1.54) is 12.8 Å². The molecule has 0 spiro atoms. The minimum absolute atomic E-state index is 0.0422. The normalized spacial score (nSPS) is 15.1. The van der Waals surface area contributed by atoms with Crippen molar-refractivity contribution in [2.24, 2.45) is 0 Å². The number of nitrogens with one attached hydrogen (secondary N) is 2. The molecule has 0 radical (unpaired) electrons. The van der Waals surface area contributed by atoms with Crippen molar-refractivity contribution >= 4 is 23.0 Å². The molecule has 0 bridgehead atoms. The first-order valence-corrected chi connectivity index (χ1v) is 6.59. The van der Waals surface area contributed by atoms with Crippen LogP contribution in [-0.2, 0) is 11.2 Å². The summed E-state index contributed by atoms with van der Waals surface area (Å²) in [5, 5.41) is 6.26. The van der Waals surface area contributed by atoms with Crippen molar-refractivity contribution in [1.82, 2.24) is 0 Å². The van der Waals surface area contributed by atoms with Crippen LogP contribution in [0.1, 0.15) is 38.7 Å². The van der Waals surface area contributed by atoms with Crippen LogP contribution >= 0.6 is 0 Å². The number of unbranched alkanes of at least 4 members (excludes halogenated alkanes) is 1. The molecule has 1 amide bonds. The predicted molar refractivity (Wildman–Crippen MR) is 75.8 cm³/mol. The second kappa shape index (κ2) is 5.29. The summed E-state index contributed by atoms with van der Waals surface area (Å²) in [5.41, 5.74) is 9.53. The summed E-state index contributed by atoms with van der Waals surface area (Å²) in [6.07, 6.45) is 3.96. The van der Waals surface area contributed by atoms with Crippen molar-refractivity contribution in [2.75, 3.05) is 16.4 Å². The predicted octanol–water partition coefficient (Wildman–Crippen LogP) is 2.75. The Balaban J connectivity index is 2.10. The highest BCUT2D eigenvalue weighted by molar-refractivity contribution is 6.00. The molecule has 1 aromatic rings. The van der Waals surface area contributed by atoms with E-state index in [-0.39, 0.29) is 5.91 Å². The van der Waals surface area contributed by atoms with Gasteiger partial charge in [0.2, 0.25) is 5.91 Å². The third-order valence-electron chi connectivity index (χ3n) is 3.29. The van der Waals surface area contributed by atoms with Crippen LogP contribution in [0.3, 0.4) is 0 Å². The maximum atomic E-state index is 11.3. The topological polar surface area (TPSA) is 67.1 Å². The van der Waals surface area contributed by atoms with Crippen molar-refractivity contribution in [3.8, 4) is 0 Å². The highest BCUT2D eigenvalue weighted by Crippen LogP contribution is 2.32. The molecule has 0 saturated heterocycles. The van der Waals surface area contributed by atoms with Gasteiger partial charge in [-0.1, -0.05) is 19.8 Å². The number of carbonyl (C=O) groups excluding carboxylic acids is 1. The first-order chi connectivity index (χ1) is 8.60. The number of hydrogen-bond donors (Lipinski definition) is 3. The highest BCUT2D eigenvalue weighted by Gasteiger charge is 2.19. The summed E-state index contributed by atoms with van der Waals surface area (Å²) in [6.45, 7) is 4.34. The number of amides is 1. The second-order valence-electron chi connectivity index (χ2n) is 5.01. The number of carbonyl (C=O) groups is 1. The van der Waals surface area contributed by atoms with E-state index in [1.807, 2.05) is 12.1 Å². The molecule has 18 heavy (non-hydrogen) atoms. The molecule has 0 aliphatic carbocycles. The first-order valence-electron chi connectivity index (χ1n) is 6.59. The molecule has 98 valence electrons. The first kappa shape index (κ1) is 12.7. The molecule has 4 heteroatoms. The van der Waals surface area contributed by atoms with E-state index in [0.29, 0.717) is 18.2 Å². The van der Waals surface area contributed by atoms with Crippen molar-refractivity contribution in [2.45, 2.75) is 45.6 Å². The Hall–Kier alpha value is -1.71. The summed E-state index contributed by atoms with van der Waals surface area (Å²) in [4.78, 5) is 11.3. The highest BCUT2D eigenvalue weighted by atomic mass is 16.1. The Morgan fingerprint density at radius 3 is 3.00 bits per heavy atom. The average Bonchev–Trinajstić information content (AvgIpc) is 2.66. The van der Waals surface area contributed by atoms with E-state index >= 15 is 0 Å². The van der Waals surface area contributed by atoms with Gasteiger partial charge in [0.25, 0.3) is 0 Å². The summed E-state index contributed by atoms with van der Waals surface area (Å²) in [7, 11) is 0. The molecule has 4 nitrogen and oxygen atoms in total. The van der Waals surface area contributed by atoms with Gasteiger partial charge in [-0.2, -0.15) is 0 Å². The number of benzene rings is 1. The van der Waals surface area contributed by atoms with E-state index in [0.717, 1.165) is 23.4 Å². The molecule has 0 saturated carbocycles. The maximum Gasteiger partial charge on any atom is 0.228 e. The fourth-order valence-corrected chi connectivity index (χ4v) is 2.27. The SMILES string of the molecule is CCCCC(C)Nc1cc2c(cc1N)CC(=O)N2. The molecule has 2 rings (SSSR count). The minimum atomic E-state index is 0.0422. The van der Waals surface area contributed by atoms with E-state index in [4.69, 9.17) is 5.73 Å². The summed E-state index contributed by atoms with van der Waals surface area (Å²) in [6, 6.07) is 4.22. The van der Waals surface area contributed by atoms with E-state index < -0.39 is 0 Å². The molecular formula is C14H21N3O. The number of nitrogen functional groups attached to an aromatic ring is 1. The zero-order valence-electron chi connectivity index (χ0n) is 11.0. The lowest BCUT2D eigenvalue weighted by molar-refractivity contribution is -0.115. The van der Waals surface area contributed by atoms with Crippen molar-refractivity contribution in [1.29, 1.82) is 0 Å². The Morgan fingerprint density at radius 1 is 1.50 bits per heavy atom. The summed E-state index contributed by atoms with van der Waals surface area (Å²) in [5.74, 6) is 0.0422. The third-order valence-corrected chi connectivity index (χ3v) is 3.29. The molecule has 1 aliphatic rings. The van der Waals surface area contributed by atoms with Crippen molar-refractivity contribution in [3.05, 3.63) is 17.7 Å². The lowest BCUT2D eigenvalue weighted by Gasteiger charge is -2.17. The number of fused-ring (bicyclic) bond motifs is 1.